The molecule has 0 radical (unpaired) electrons. The van der Waals surface area contributed by atoms with Crippen LogP contribution in [0, 0.1) is 25.2 Å². The number of aromatic nitrogens is 2. The molecule has 0 atom stereocenters. The second-order valence-electron chi connectivity index (χ2n) is 5.28. The maximum Gasteiger partial charge on any atom is 0.286 e. The first-order valence-corrected chi connectivity index (χ1v) is 7.21. The Morgan fingerprint density at radius 3 is 2.55 bits per heavy atom. The van der Waals surface area contributed by atoms with Gasteiger partial charge in [-0.05, 0) is 44.2 Å². The fourth-order valence-electron chi connectivity index (χ4n) is 2.18. The third-order valence-electron chi connectivity index (χ3n) is 3.49. The maximum absolute atomic E-state index is 12.2. The Hall–Kier alpha value is -2.16. The van der Waals surface area contributed by atoms with E-state index in [9.17, 15) is 4.79 Å². The highest BCUT2D eigenvalue weighted by Crippen LogP contribution is 2.11. The van der Waals surface area contributed by atoms with Gasteiger partial charge < -0.3 is 0 Å². The van der Waals surface area contributed by atoms with Crippen LogP contribution in [0.2, 0.25) is 5.02 Å². The summed E-state index contributed by atoms with van der Waals surface area (Å²) < 4.78 is 1.33. The number of aryl methyl sites for hydroxylation is 1. The zero-order valence-corrected chi connectivity index (χ0v) is 13.6. The molecule has 0 aliphatic rings. The van der Waals surface area contributed by atoms with Crippen LogP contribution in [-0.4, -0.2) is 21.7 Å². The van der Waals surface area contributed by atoms with Crippen molar-refractivity contribution in [1.82, 2.24) is 14.7 Å². The molecule has 5 nitrogen and oxygen atoms in total. The Morgan fingerprint density at radius 2 is 1.95 bits per heavy atom. The fourth-order valence-corrected chi connectivity index (χ4v) is 2.31. The smallest absolute Gasteiger partial charge is 0.283 e. The average molecular weight is 317 g/mol. The molecule has 1 aromatic heterocycles. The van der Waals surface area contributed by atoms with E-state index in [-0.39, 0.29) is 11.1 Å². The van der Waals surface area contributed by atoms with Crippen molar-refractivity contribution in [3.05, 3.63) is 62.0 Å². The van der Waals surface area contributed by atoms with Crippen LogP contribution in [0.4, 0.5) is 0 Å². The van der Waals surface area contributed by atoms with Crippen molar-refractivity contribution in [3.8, 4) is 6.07 Å². The first kappa shape index (κ1) is 16.2. The summed E-state index contributed by atoms with van der Waals surface area (Å²) in [6.07, 6.45) is 0. The molecule has 0 saturated carbocycles. The molecule has 114 valence electrons. The van der Waals surface area contributed by atoms with E-state index in [2.05, 4.69) is 5.10 Å². The highest BCUT2D eigenvalue weighted by molar-refractivity contribution is 6.30. The number of rotatable bonds is 4. The summed E-state index contributed by atoms with van der Waals surface area (Å²) >= 11 is 5.86. The van der Waals surface area contributed by atoms with Crippen molar-refractivity contribution in [1.29, 1.82) is 5.26 Å². The van der Waals surface area contributed by atoms with Gasteiger partial charge in [0, 0.05) is 11.6 Å². The second-order valence-corrected chi connectivity index (χ2v) is 5.72. The van der Waals surface area contributed by atoms with Gasteiger partial charge in [0.1, 0.15) is 11.6 Å². The summed E-state index contributed by atoms with van der Waals surface area (Å²) in [5.41, 5.74) is 2.23. The third kappa shape index (κ3) is 3.53. The van der Waals surface area contributed by atoms with Crippen molar-refractivity contribution in [2.75, 3.05) is 7.05 Å². The molecule has 6 heteroatoms. The molecule has 2 aromatic rings. The van der Waals surface area contributed by atoms with Crippen LogP contribution in [0.15, 0.2) is 29.1 Å². The Kier molecular flexibility index (Phi) is 4.96. The van der Waals surface area contributed by atoms with Gasteiger partial charge in [-0.3, -0.25) is 9.69 Å². The number of nitriles is 1. The van der Waals surface area contributed by atoms with E-state index in [1.54, 1.807) is 13.8 Å². The van der Waals surface area contributed by atoms with Gasteiger partial charge in [-0.1, -0.05) is 23.7 Å². The van der Waals surface area contributed by atoms with E-state index in [0.29, 0.717) is 29.5 Å². The van der Waals surface area contributed by atoms with E-state index in [1.807, 2.05) is 42.3 Å². The lowest BCUT2D eigenvalue weighted by Crippen LogP contribution is -2.34. The van der Waals surface area contributed by atoms with Crippen LogP contribution < -0.4 is 5.56 Å². The monoisotopic (exact) mass is 316 g/mol. The minimum atomic E-state index is -0.353. The maximum atomic E-state index is 12.2. The molecule has 0 saturated heterocycles. The minimum absolute atomic E-state index is 0.160. The van der Waals surface area contributed by atoms with Gasteiger partial charge >= 0.3 is 0 Å². The summed E-state index contributed by atoms with van der Waals surface area (Å²) in [6.45, 7) is 4.51. The van der Waals surface area contributed by atoms with Crippen molar-refractivity contribution in [3.63, 3.8) is 0 Å². The minimum Gasteiger partial charge on any atom is -0.283 e. The van der Waals surface area contributed by atoms with Gasteiger partial charge in [0.2, 0.25) is 0 Å². The van der Waals surface area contributed by atoms with E-state index < -0.39 is 0 Å². The van der Waals surface area contributed by atoms with Crippen LogP contribution in [0.1, 0.15) is 22.4 Å². The van der Waals surface area contributed by atoms with Gasteiger partial charge in [-0.25, -0.2) is 4.68 Å². The summed E-state index contributed by atoms with van der Waals surface area (Å²) in [4.78, 5) is 14.2. The molecule has 0 aliphatic carbocycles. The lowest BCUT2D eigenvalue weighted by atomic mass is 10.1. The summed E-state index contributed by atoms with van der Waals surface area (Å²) in [7, 11) is 1.89. The molecular formula is C16H17ClN4O. The number of halogens is 1. The predicted octanol–water partition coefficient (Wildman–Crippen LogP) is 2.47. The summed E-state index contributed by atoms with van der Waals surface area (Å²) in [5.74, 6) is 0. The molecule has 1 aromatic carbocycles. The summed E-state index contributed by atoms with van der Waals surface area (Å²) in [5, 5.41) is 14.1. The molecule has 0 N–H and O–H groups in total. The van der Waals surface area contributed by atoms with Gasteiger partial charge in [0.05, 0.1) is 12.4 Å². The van der Waals surface area contributed by atoms with Gasteiger partial charge in [0.25, 0.3) is 5.56 Å². The van der Waals surface area contributed by atoms with Crippen molar-refractivity contribution in [2.24, 2.45) is 0 Å². The van der Waals surface area contributed by atoms with Gasteiger partial charge in [-0.15, -0.1) is 0 Å². The van der Waals surface area contributed by atoms with Crippen LogP contribution >= 0.6 is 11.6 Å². The van der Waals surface area contributed by atoms with Crippen LogP contribution in [0.5, 0.6) is 0 Å². The molecule has 0 unspecified atom stereocenters. The van der Waals surface area contributed by atoms with E-state index >= 15 is 0 Å². The quantitative estimate of drug-likeness (QED) is 0.869. The standard InChI is InChI=1S/C16H17ClN4O/c1-11-12(2)19-21(16(22)15(11)8-18)10-20(3)9-13-4-6-14(17)7-5-13/h4-7H,9-10H2,1-3H3. The lowest BCUT2D eigenvalue weighted by Gasteiger charge is -2.18. The Labute approximate surface area is 134 Å². The molecule has 0 amide bonds. The SMILES string of the molecule is Cc1nn(CN(C)Cc2ccc(Cl)cc2)c(=O)c(C#N)c1C. The zero-order chi connectivity index (χ0) is 16.3. The van der Waals surface area contributed by atoms with Crippen LogP contribution in [-0.2, 0) is 13.2 Å². The van der Waals surface area contributed by atoms with Crippen LogP contribution in [0.25, 0.3) is 0 Å². The second kappa shape index (κ2) is 6.73. The first-order chi connectivity index (χ1) is 10.4. The van der Waals surface area contributed by atoms with E-state index in [4.69, 9.17) is 16.9 Å². The van der Waals surface area contributed by atoms with E-state index in [0.717, 1.165) is 5.56 Å². The largest absolute Gasteiger partial charge is 0.286 e. The van der Waals surface area contributed by atoms with E-state index in [1.165, 1.54) is 4.68 Å². The lowest BCUT2D eigenvalue weighted by molar-refractivity contribution is 0.239. The zero-order valence-electron chi connectivity index (χ0n) is 12.8. The molecule has 0 aliphatic heterocycles. The van der Waals surface area contributed by atoms with Crippen molar-refractivity contribution in [2.45, 2.75) is 27.1 Å². The molecular weight excluding hydrogens is 300 g/mol. The molecule has 1 heterocycles. The normalized spacial score (nSPS) is 10.7. The summed E-state index contributed by atoms with van der Waals surface area (Å²) in [6, 6.07) is 9.51. The number of benzene rings is 1. The molecule has 22 heavy (non-hydrogen) atoms. The Balaban J connectivity index is 2.20. The first-order valence-electron chi connectivity index (χ1n) is 6.83. The van der Waals surface area contributed by atoms with Crippen molar-refractivity contribution >= 4 is 11.6 Å². The fraction of sp³-hybridized carbons (Fsp3) is 0.312. The number of nitrogens with zero attached hydrogens (tertiary/aromatic N) is 4. The highest BCUT2D eigenvalue weighted by atomic mass is 35.5. The topological polar surface area (TPSA) is 61.9 Å². The Morgan fingerprint density at radius 1 is 1.32 bits per heavy atom. The molecule has 0 spiro atoms. The third-order valence-corrected chi connectivity index (χ3v) is 3.74. The number of hydrogen-bond donors (Lipinski definition) is 0. The molecule has 0 bridgehead atoms. The number of hydrogen-bond acceptors (Lipinski definition) is 4. The molecule has 0 fully saturated rings. The van der Waals surface area contributed by atoms with Crippen LogP contribution in [0.3, 0.4) is 0 Å². The molecule has 2 rings (SSSR count). The highest BCUT2D eigenvalue weighted by Gasteiger charge is 2.12. The average Bonchev–Trinajstić information content (AvgIpc) is 2.48. The van der Waals surface area contributed by atoms with Gasteiger partial charge in [0.15, 0.2) is 0 Å². The Bertz CT molecular complexity index is 774. The predicted molar refractivity (Wildman–Crippen MR) is 85.6 cm³/mol. The van der Waals surface area contributed by atoms with Crippen molar-refractivity contribution < 1.29 is 0 Å². The van der Waals surface area contributed by atoms with Gasteiger partial charge in [-0.2, -0.15) is 10.4 Å².